The van der Waals surface area contributed by atoms with Gasteiger partial charge in [-0.15, -0.1) is 11.3 Å². The first-order chi connectivity index (χ1) is 10.6. The molecule has 0 aliphatic carbocycles. The van der Waals surface area contributed by atoms with E-state index in [-0.39, 0.29) is 6.42 Å². The van der Waals surface area contributed by atoms with Crippen molar-refractivity contribution in [3.63, 3.8) is 0 Å². The highest BCUT2D eigenvalue weighted by atomic mass is 32.1. The zero-order valence-electron chi connectivity index (χ0n) is 12.4. The summed E-state index contributed by atoms with van der Waals surface area (Å²) in [6, 6.07) is 5.43. The summed E-state index contributed by atoms with van der Waals surface area (Å²) in [5.41, 5.74) is 0.575. The molecule has 1 aromatic heterocycles. The average Bonchev–Trinajstić information content (AvgIpc) is 2.93. The molecule has 0 aliphatic heterocycles. The number of nitrogens with zero attached hydrogens (tertiary/aromatic N) is 1. The molecule has 0 unspecified atom stereocenters. The minimum absolute atomic E-state index is 0.0545. The van der Waals surface area contributed by atoms with E-state index in [1.54, 1.807) is 31.7 Å². The molecule has 0 fully saturated rings. The lowest BCUT2D eigenvalue weighted by Crippen LogP contribution is -2.04. The minimum Gasteiger partial charge on any atom is -0.493 e. The number of ether oxygens (including phenoxy) is 3. The van der Waals surface area contributed by atoms with E-state index in [2.05, 4.69) is 4.98 Å². The summed E-state index contributed by atoms with van der Waals surface area (Å²) in [6.07, 6.45) is 0.547. The second-order valence-electron chi connectivity index (χ2n) is 4.39. The van der Waals surface area contributed by atoms with Gasteiger partial charge in [0.1, 0.15) is 0 Å². The predicted molar refractivity (Wildman–Crippen MR) is 82.2 cm³/mol. The summed E-state index contributed by atoms with van der Waals surface area (Å²) in [5, 5.41) is 11.3. The molecule has 0 saturated carbocycles. The second-order valence-corrected chi connectivity index (χ2v) is 5.34. The molecule has 22 heavy (non-hydrogen) atoms. The third-order valence-electron chi connectivity index (χ3n) is 2.87. The van der Waals surface area contributed by atoms with Gasteiger partial charge >= 0.3 is 5.97 Å². The first kappa shape index (κ1) is 16.1. The molecule has 0 aliphatic rings. The van der Waals surface area contributed by atoms with Crippen molar-refractivity contribution in [3.05, 3.63) is 34.3 Å². The van der Waals surface area contributed by atoms with Crippen LogP contribution in [-0.4, -0.2) is 36.9 Å². The smallest absolute Gasteiger partial charge is 0.309 e. The van der Waals surface area contributed by atoms with Crippen LogP contribution in [0.2, 0.25) is 0 Å². The van der Waals surface area contributed by atoms with E-state index in [0.29, 0.717) is 36.0 Å². The maximum atomic E-state index is 10.6. The topological polar surface area (TPSA) is 77.9 Å². The number of methoxy groups -OCH3 is 2. The highest BCUT2D eigenvalue weighted by molar-refractivity contribution is 7.09. The largest absolute Gasteiger partial charge is 0.493 e. The molecule has 7 heteroatoms. The normalized spacial score (nSPS) is 10.3. The van der Waals surface area contributed by atoms with Crippen LogP contribution < -0.4 is 14.2 Å². The van der Waals surface area contributed by atoms with Gasteiger partial charge in [-0.2, -0.15) is 0 Å². The van der Waals surface area contributed by atoms with E-state index in [9.17, 15) is 4.79 Å². The van der Waals surface area contributed by atoms with Crippen molar-refractivity contribution in [2.24, 2.45) is 0 Å². The van der Waals surface area contributed by atoms with E-state index >= 15 is 0 Å². The maximum Gasteiger partial charge on any atom is 0.309 e. The summed E-state index contributed by atoms with van der Waals surface area (Å²) in [4.78, 5) is 14.9. The van der Waals surface area contributed by atoms with Crippen LogP contribution in [-0.2, 0) is 17.6 Å². The predicted octanol–water partition coefficient (Wildman–Crippen LogP) is 2.41. The number of rotatable bonds is 8. The van der Waals surface area contributed by atoms with Crippen LogP contribution in [0.1, 0.15) is 10.7 Å². The molecule has 0 amide bonds. The van der Waals surface area contributed by atoms with Crippen molar-refractivity contribution in [2.45, 2.75) is 12.8 Å². The Labute approximate surface area is 132 Å². The Morgan fingerprint density at radius 1 is 1.27 bits per heavy atom. The fourth-order valence-electron chi connectivity index (χ4n) is 1.92. The number of aromatic nitrogens is 1. The van der Waals surface area contributed by atoms with Crippen molar-refractivity contribution in [1.82, 2.24) is 4.98 Å². The quantitative estimate of drug-likeness (QED) is 0.804. The van der Waals surface area contributed by atoms with Gasteiger partial charge in [0.15, 0.2) is 11.5 Å². The molecule has 6 nitrogen and oxygen atoms in total. The van der Waals surface area contributed by atoms with E-state index < -0.39 is 5.97 Å². The van der Waals surface area contributed by atoms with Crippen molar-refractivity contribution in [1.29, 1.82) is 0 Å². The second kappa shape index (κ2) is 7.65. The molecule has 1 aromatic carbocycles. The standard InChI is InChI=1S/C15H17NO5S/c1-19-11-4-3-5-12(15(11)20-2)21-7-6-13-16-10(9-22-13)8-14(17)18/h3-5,9H,6-8H2,1-2H3,(H,17,18). The van der Waals surface area contributed by atoms with Crippen LogP contribution >= 0.6 is 11.3 Å². The van der Waals surface area contributed by atoms with Gasteiger partial charge in [-0.3, -0.25) is 4.79 Å². The molecule has 1 N–H and O–H groups in total. The van der Waals surface area contributed by atoms with Crippen molar-refractivity contribution in [2.75, 3.05) is 20.8 Å². The molecule has 0 atom stereocenters. The Kier molecular flexibility index (Phi) is 5.60. The van der Waals surface area contributed by atoms with Crippen molar-refractivity contribution >= 4 is 17.3 Å². The van der Waals surface area contributed by atoms with Gasteiger partial charge in [0.25, 0.3) is 0 Å². The zero-order chi connectivity index (χ0) is 15.9. The molecule has 2 rings (SSSR count). The van der Waals surface area contributed by atoms with Gasteiger partial charge in [-0.1, -0.05) is 6.07 Å². The summed E-state index contributed by atoms with van der Waals surface area (Å²) in [7, 11) is 3.13. The summed E-state index contributed by atoms with van der Waals surface area (Å²) in [5.74, 6) is 0.882. The Morgan fingerprint density at radius 2 is 2.05 bits per heavy atom. The monoisotopic (exact) mass is 323 g/mol. The van der Waals surface area contributed by atoms with Crippen LogP contribution in [0.3, 0.4) is 0 Å². The Balaban J connectivity index is 1.94. The summed E-state index contributed by atoms with van der Waals surface area (Å²) in [6.45, 7) is 0.420. The molecule has 2 aromatic rings. The number of para-hydroxylation sites is 1. The van der Waals surface area contributed by atoms with Crippen LogP contribution in [0.4, 0.5) is 0 Å². The van der Waals surface area contributed by atoms with E-state index in [4.69, 9.17) is 19.3 Å². The zero-order valence-corrected chi connectivity index (χ0v) is 13.2. The van der Waals surface area contributed by atoms with Gasteiger partial charge in [-0.05, 0) is 12.1 Å². The number of benzene rings is 1. The van der Waals surface area contributed by atoms with Crippen LogP contribution in [0, 0.1) is 0 Å². The van der Waals surface area contributed by atoms with Gasteiger partial charge in [-0.25, -0.2) is 4.98 Å². The number of thiazole rings is 1. The number of aliphatic carboxylic acids is 1. The van der Waals surface area contributed by atoms with E-state index in [1.165, 1.54) is 11.3 Å². The number of carboxylic acid groups (broad SMARTS) is 1. The van der Waals surface area contributed by atoms with Crippen LogP contribution in [0.15, 0.2) is 23.6 Å². The number of hydrogen-bond donors (Lipinski definition) is 1. The van der Waals surface area contributed by atoms with Gasteiger partial charge in [0.2, 0.25) is 5.75 Å². The Bertz CT molecular complexity index is 641. The van der Waals surface area contributed by atoms with Gasteiger partial charge < -0.3 is 19.3 Å². The summed E-state index contributed by atoms with van der Waals surface area (Å²) < 4.78 is 16.2. The number of hydrogen-bond acceptors (Lipinski definition) is 6. The molecule has 0 radical (unpaired) electrons. The van der Waals surface area contributed by atoms with Crippen molar-refractivity contribution < 1.29 is 24.1 Å². The van der Waals surface area contributed by atoms with Gasteiger partial charge in [0.05, 0.1) is 37.9 Å². The van der Waals surface area contributed by atoms with E-state index in [1.807, 2.05) is 6.07 Å². The third kappa shape index (κ3) is 4.11. The highest BCUT2D eigenvalue weighted by Crippen LogP contribution is 2.36. The molecule has 0 bridgehead atoms. The lowest BCUT2D eigenvalue weighted by Gasteiger charge is -2.13. The number of carbonyl (C=O) groups is 1. The SMILES string of the molecule is COc1cccc(OCCc2nc(CC(=O)O)cs2)c1OC. The fourth-order valence-corrected chi connectivity index (χ4v) is 2.70. The lowest BCUT2D eigenvalue weighted by molar-refractivity contribution is -0.136. The van der Waals surface area contributed by atoms with Crippen LogP contribution in [0.25, 0.3) is 0 Å². The molecular formula is C15H17NO5S. The minimum atomic E-state index is -0.880. The first-order valence-corrected chi connectivity index (χ1v) is 7.51. The Morgan fingerprint density at radius 3 is 2.73 bits per heavy atom. The Hall–Kier alpha value is -2.28. The molecular weight excluding hydrogens is 306 g/mol. The molecule has 1 heterocycles. The summed E-state index contributed by atoms with van der Waals surface area (Å²) >= 11 is 1.43. The molecule has 0 saturated heterocycles. The molecule has 118 valence electrons. The van der Waals surface area contributed by atoms with Crippen molar-refractivity contribution in [3.8, 4) is 17.2 Å². The fraction of sp³-hybridized carbons (Fsp3) is 0.333. The average molecular weight is 323 g/mol. The highest BCUT2D eigenvalue weighted by Gasteiger charge is 2.11. The van der Waals surface area contributed by atoms with Crippen LogP contribution in [0.5, 0.6) is 17.2 Å². The van der Waals surface area contributed by atoms with E-state index in [0.717, 1.165) is 5.01 Å². The number of carboxylic acids is 1. The third-order valence-corrected chi connectivity index (χ3v) is 3.83. The first-order valence-electron chi connectivity index (χ1n) is 6.63. The van der Waals surface area contributed by atoms with Gasteiger partial charge in [0, 0.05) is 11.8 Å². The lowest BCUT2D eigenvalue weighted by atomic mass is 10.3. The molecule has 0 spiro atoms. The maximum absolute atomic E-state index is 10.6.